The molecule has 1 aromatic carbocycles. The van der Waals surface area contributed by atoms with Gasteiger partial charge in [-0.15, -0.1) is 0 Å². The number of anilines is 1. The van der Waals surface area contributed by atoms with Crippen LogP contribution in [-0.4, -0.2) is 23.7 Å². The zero-order valence-electron chi connectivity index (χ0n) is 12.3. The Labute approximate surface area is 121 Å². The second kappa shape index (κ2) is 7.32. The fourth-order valence-corrected chi connectivity index (χ4v) is 3.01. The Kier molecular flexibility index (Phi) is 5.45. The maximum Gasteiger partial charge on any atom is 0.326 e. The number of carboxylic acid groups (broad SMARTS) is 1. The fourth-order valence-electron chi connectivity index (χ4n) is 3.01. The van der Waals surface area contributed by atoms with E-state index in [1.54, 1.807) is 0 Å². The summed E-state index contributed by atoms with van der Waals surface area (Å²) in [4.78, 5) is 13.5. The molecule has 0 amide bonds. The first kappa shape index (κ1) is 14.9. The minimum atomic E-state index is -0.702. The Hall–Kier alpha value is -1.51. The summed E-state index contributed by atoms with van der Waals surface area (Å²) in [6.45, 7) is 3.08. The normalized spacial score (nSPS) is 17.2. The van der Waals surface area contributed by atoms with Crippen LogP contribution in [0.1, 0.15) is 51.0 Å². The lowest BCUT2D eigenvalue weighted by Crippen LogP contribution is -2.39. The number of carbonyl (C=O) groups is 1. The van der Waals surface area contributed by atoms with E-state index in [0.717, 1.165) is 18.7 Å². The van der Waals surface area contributed by atoms with Gasteiger partial charge >= 0.3 is 5.97 Å². The Balaban J connectivity index is 1.89. The standard InChI is InChI=1S/C17H25NO2/c1-2-3-4-5-6-9-12-18-15-11-8-7-10-14(15)13-16(18)17(19)20/h7-8,10-11,16H,2-6,9,12-13H2,1H3,(H,19,20). The molecule has 0 aromatic heterocycles. The van der Waals surface area contributed by atoms with Gasteiger partial charge in [-0.2, -0.15) is 0 Å². The molecule has 1 aliphatic heterocycles. The molecular weight excluding hydrogens is 250 g/mol. The highest BCUT2D eigenvalue weighted by molar-refractivity contribution is 5.82. The van der Waals surface area contributed by atoms with Gasteiger partial charge in [-0.25, -0.2) is 4.79 Å². The van der Waals surface area contributed by atoms with E-state index in [4.69, 9.17) is 0 Å². The maximum absolute atomic E-state index is 11.4. The van der Waals surface area contributed by atoms with Gasteiger partial charge in [-0.3, -0.25) is 0 Å². The first-order valence-electron chi connectivity index (χ1n) is 7.81. The Morgan fingerprint density at radius 3 is 2.65 bits per heavy atom. The van der Waals surface area contributed by atoms with Crippen LogP contribution in [-0.2, 0) is 11.2 Å². The molecular formula is C17H25NO2. The number of unbranched alkanes of at least 4 members (excludes halogenated alkanes) is 5. The van der Waals surface area contributed by atoms with Crippen molar-refractivity contribution in [2.24, 2.45) is 0 Å². The molecule has 1 heterocycles. The van der Waals surface area contributed by atoms with E-state index in [-0.39, 0.29) is 6.04 Å². The van der Waals surface area contributed by atoms with E-state index in [1.807, 2.05) is 18.2 Å². The Morgan fingerprint density at radius 1 is 1.20 bits per heavy atom. The highest BCUT2D eigenvalue weighted by atomic mass is 16.4. The second-order valence-corrected chi connectivity index (χ2v) is 5.65. The lowest BCUT2D eigenvalue weighted by molar-refractivity contribution is -0.138. The van der Waals surface area contributed by atoms with Crippen LogP contribution in [0.3, 0.4) is 0 Å². The topological polar surface area (TPSA) is 40.5 Å². The third-order valence-corrected chi connectivity index (χ3v) is 4.13. The van der Waals surface area contributed by atoms with Gasteiger partial charge < -0.3 is 10.0 Å². The van der Waals surface area contributed by atoms with Crippen molar-refractivity contribution < 1.29 is 9.90 Å². The molecule has 3 heteroatoms. The quantitative estimate of drug-likeness (QED) is 0.732. The molecule has 0 aliphatic carbocycles. The molecule has 0 fully saturated rings. The SMILES string of the molecule is CCCCCCCCN1c2ccccc2CC1C(=O)O. The van der Waals surface area contributed by atoms with Crippen LogP contribution in [0.25, 0.3) is 0 Å². The van der Waals surface area contributed by atoms with Crippen molar-refractivity contribution in [1.82, 2.24) is 0 Å². The smallest absolute Gasteiger partial charge is 0.326 e. The third-order valence-electron chi connectivity index (χ3n) is 4.13. The molecule has 1 atom stereocenters. The first-order valence-corrected chi connectivity index (χ1v) is 7.81. The van der Waals surface area contributed by atoms with Crippen LogP contribution in [0.2, 0.25) is 0 Å². The molecule has 1 unspecified atom stereocenters. The van der Waals surface area contributed by atoms with E-state index in [1.165, 1.54) is 37.7 Å². The zero-order valence-corrected chi connectivity index (χ0v) is 12.3. The number of benzene rings is 1. The van der Waals surface area contributed by atoms with Gasteiger partial charge in [-0.1, -0.05) is 57.2 Å². The predicted molar refractivity (Wildman–Crippen MR) is 82.3 cm³/mol. The van der Waals surface area contributed by atoms with Gasteiger partial charge in [0.15, 0.2) is 0 Å². The van der Waals surface area contributed by atoms with Crippen molar-refractivity contribution in [2.75, 3.05) is 11.4 Å². The van der Waals surface area contributed by atoms with Crippen LogP contribution in [0, 0.1) is 0 Å². The summed E-state index contributed by atoms with van der Waals surface area (Å²) in [5.41, 5.74) is 2.29. The van der Waals surface area contributed by atoms with Crippen molar-refractivity contribution in [2.45, 2.75) is 57.9 Å². The van der Waals surface area contributed by atoms with Gasteiger partial charge in [0.1, 0.15) is 6.04 Å². The average molecular weight is 275 g/mol. The fraction of sp³-hybridized carbons (Fsp3) is 0.588. The minimum absolute atomic E-state index is 0.372. The summed E-state index contributed by atoms with van der Waals surface area (Å²) in [7, 11) is 0. The summed E-state index contributed by atoms with van der Waals surface area (Å²) in [6.07, 6.45) is 8.07. The molecule has 1 aromatic rings. The molecule has 1 aliphatic rings. The highest BCUT2D eigenvalue weighted by Crippen LogP contribution is 2.32. The van der Waals surface area contributed by atoms with E-state index >= 15 is 0 Å². The largest absolute Gasteiger partial charge is 0.480 e. The molecule has 20 heavy (non-hydrogen) atoms. The summed E-state index contributed by atoms with van der Waals surface area (Å²) < 4.78 is 0. The van der Waals surface area contributed by atoms with Crippen molar-refractivity contribution in [3.8, 4) is 0 Å². The number of aliphatic carboxylic acids is 1. The van der Waals surface area contributed by atoms with Crippen molar-refractivity contribution in [1.29, 1.82) is 0 Å². The van der Waals surface area contributed by atoms with Crippen molar-refractivity contribution >= 4 is 11.7 Å². The van der Waals surface area contributed by atoms with Crippen LogP contribution >= 0.6 is 0 Å². The van der Waals surface area contributed by atoms with Gasteiger partial charge in [0.05, 0.1) is 0 Å². The van der Waals surface area contributed by atoms with Gasteiger partial charge in [0.25, 0.3) is 0 Å². The Bertz CT molecular complexity index is 444. The monoisotopic (exact) mass is 275 g/mol. The van der Waals surface area contributed by atoms with Gasteiger partial charge in [0, 0.05) is 18.7 Å². The number of hydrogen-bond donors (Lipinski definition) is 1. The molecule has 2 rings (SSSR count). The number of para-hydroxylation sites is 1. The molecule has 1 N–H and O–H groups in total. The van der Waals surface area contributed by atoms with Crippen LogP contribution < -0.4 is 4.90 Å². The lowest BCUT2D eigenvalue weighted by Gasteiger charge is -2.24. The van der Waals surface area contributed by atoms with Crippen LogP contribution in [0.4, 0.5) is 5.69 Å². The lowest BCUT2D eigenvalue weighted by atomic mass is 10.1. The minimum Gasteiger partial charge on any atom is -0.480 e. The number of rotatable bonds is 8. The number of carboxylic acids is 1. The number of nitrogens with zero attached hydrogens (tertiary/aromatic N) is 1. The Morgan fingerprint density at radius 2 is 1.90 bits per heavy atom. The molecule has 110 valence electrons. The third kappa shape index (κ3) is 3.53. The summed E-state index contributed by atoms with van der Waals surface area (Å²) in [5.74, 6) is -0.702. The van der Waals surface area contributed by atoms with Gasteiger partial charge in [0.2, 0.25) is 0 Å². The first-order chi connectivity index (χ1) is 9.74. The van der Waals surface area contributed by atoms with E-state index in [0.29, 0.717) is 6.42 Å². The molecule has 0 radical (unpaired) electrons. The molecule has 0 saturated heterocycles. The molecule has 0 bridgehead atoms. The predicted octanol–water partition coefficient (Wildman–Crippen LogP) is 3.86. The average Bonchev–Trinajstić information content (AvgIpc) is 2.82. The zero-order chi connectivity index (χ0) is 14.4. The van der Waals surface area contributed by atoms with Crippen molar-refractivity contribution in [3.63, 3.8) is 0 Å². The second-order valence-electron chi connectivity index (χ2n) is 5.65. The molecule has 0 saturated carbocycles. The van der Waals surface area contributed by atoms with Crippen molar-refractivity contribution in [3.05, 3.63) is 29.8 Å². The van der Waals surface area contributed by atoms with E-state index in [9.17, 15) is 9.90 Å². The maximum atomic E-state index is 11.4. The number of fused-ring (bicyclic) bond motifs is 1. The van der Waals surface area contributed by atoms with Gasteiger partial charge in [-0.05, 0) is 18.1 Å². The van der Waals surface area contributed by atoms with Crippen LogP contribution in [0.15, 0.2) is 24.3 Å². The summed E-state index contributed by atoms with van der Waals surface area (Å²) >= 11 is 0. The molecule has 0 spiro atoms. The summed E-state index contributed by atoms with van der Waals surface area (Å²) in [5, 5.41) is 9.39. The van der Waals surface area contributed by atoms with E-state index in [2.05, 4.69) is 17.9 Å². The van der Waals surface area contributed by atoms with Crippen LogP contribution in [0.5, 0.6) is 0 Å². The summed E-state index contributed by atoms with van der Waals surface area (Å²) in [6, 6.07) is 7.72. The number of hydrogen-bond acceptors (Lipinski definition) is 2. The van der Waals surface area contributed by atoms with E-state index < -0.39 is 5.97 Å². The molecule has 3 nitrogen and oxygen atoms in total. The highest BCUT2D eigenvalue weighted by Gasteiger charge is 2.33.